The van der Waals surface area contributed by atoms with Gasteiger partial charge in [-0.2, -0.15) is 0 Å². The molecule has 0 bridgehead atoms. The van der Waals surface area contributed by atoms with Crippen LogP contribution >= 0.6 is 11.8 Å². The Bertz CT molecular complexity index is 590. The summed E-state index contributed by atoms with van der Waals surface area (Å²) in [5.74, 6) is -1.53. The van der Waals surface area contributed by atoms with Gasteiger partial charge in [0.25, 0.3) is 0 Å². The van der Waals surface area contributed by atoms with E-state index in [4.69, 9.17) is 4.74 Å². The highest BCUT2D eigenvalue weighted by Gasteiger charge is 2.64. The van der Waals surface area contributed by atoms with Crippen molar-refractivity contribution in [3.05, 3.63) is 0 Å². The van der Waals surface area contributed by atoms with Gasteiger partial charge in [-0.1, -0.05) is 19.3 Å². The number of amides is 2. The van der Waals surface area contributed by atoms with Crippen molar-refractivity contribution in [2.75, 3.05) is 0 Å². The van der Waals surface area contributed by atoms with Crippen LogP contribution in [0.25, 0.3) is 0 Å². The minimum atomic E-state index is -1.00. The lowest BCUT2D eigenvalue weighted by Crippen LogP contribution is -2.70. The van der Waals surface area contributed by atoms with E-state index < -0.39 is 22.8 Å². The van der Waals surface area contributed by atoms with Crippen LogP contribution in [0.5, 0.6) is 0 Å². The van der Waals surface area contributed by atoms with Crippen molar-refractivity contribution in [3.8, 4) is 0 Å². The van der Waals surface area contributed by atoms with Crippen molar-refractivity contribution in [1.82, 2.24) is 10.2 Å². The molecular weight excluding hydrogens is 356 g/mol. The monoisotopic (exact) mass is 384 g/mol. The number of rotatable bonds is 6. The fourth-order valence-electron chi connectivity index (χ4n) is 4.22. The Morgan fingerprint density at radius 2 is 2.00 bits per heavy atom. The van der Waals surface area contributed by atoms with Crippen LogP contribution in [0.4, 0.5) is 0 Å². The van der Waals surface area contributed by atoms with Gasteiger partial charge in [-0.05, 0) is 33.6 Å². The fraction of sp³-hybridized carbons (Fsp3) is 0.833. The van der Waals surface area contributed by atoms with Crippen LogP contribution in [0.1, 0.15) is 59.3 Å². The topological polar surface area (TPSA) is 95.9 Å². The first kappa shape index (κ1) is 19.5. The number of ether oxygens (including phenoxy) is 1. The number of hydrogen-bond acceptors (Lipinski definition) is 5. The van der Waals surface area contributed by atoms with Gasteiger partial charge in [0.15, 0.2) is 0 Å². The normalized spacial score (nSPS) is 31.9. The number of carboxylic acid groups (broad SMARTS) is 1. The lowest BCUT2D eigenvalue weighted by molar-refractivity contribution is -0.161. The molecule has 0 spiro atoms. The van der Waals surface area contributed by atoms with Gasteiger partial charge in [0.1, 0.15) is 17.5 Å². The molecule has 2 saturated heterocycles. The van der Waals surface area contributed by atoms with Crippen molar-refractivity contribution in [1.29, 1.82) is 0 Å². The molecule has 3 fully saturated rings. The second kappa shape index (κ2) is 7.38. The molecule has 0 aromatic heterocycles. The lowest BCUT2D eigenvalue weighted by Gasteiger charge is -2.43. The number of aliphatic carboxylic acids is 1. The Labute approximate surface area is 158 Å². The summed E-state index contributed by atoms with van der Waals surface area (Å²) in [4.78, 5) is 37.6. The molecule has 7 nitrogen and oxygen atoms in total. The summed E-state index contributed by atoms with van der Waals surface area (Å²) < 4.78 is 5.37. The Kier molecular flexibility index (Phi) is 5.53. The summed E-state index contributed by atoms with van der Waals surface area (Å²) in [7, 11) is 0. The van der Waals surface area contributed by atoms with Crippen molar-refractivity contribution in [3.63, 3.8) is 0 Å². The summed E-state index contributed by atoms with van der Waals surface area (Å²) in [6.45, 7) is 5.53. The highest BCUT2D eigenvalue weighted by molar-refractivity contribution is 8.01. The van der Waals surface area contributed by atoms with Crippen molar-refractivity contribution in [2.45, 2.75) is 93.7 Å². The molecule has 26 heavy (non-hydrogen) atoms. The van der Waals surface area contributed by atoms with E-state index in [0.29, 0.717) is 0 Å². The van der Waals surface area contributed by atoms with Crippen LogP contribution in [-0.2, 0) is 19.1 Å². The number of β-lactam (4-membered cyclic amide) rings is 1. The van der Waals surface area contributed by atoms with E-state index in [9.17, 15) is 19.5 Å². The molecule has 0 radical (unpaired) electrons. The summed E-state index contributed by atoms with van der Waals surface area (Å²) in [5.41, 5.74) is 0. The predicted octanol–water partition coefficient (Wildman–Crippen LogP) is 1.75. The molecule has 4 atom stereocenters. The van der Waals surface area contributed by atoms with E-state index in [0.717, 1.165) is 12.8 Å². The SMILES string of the molecule is CC(CC(=O)N[C@@H]1C(=O)N2[C@@H]1SC(C)(C)[C@@H]2C(=O)O)OC1CCCCC1. The van der Waals surface area contributed by atoms with Crippen LogP contribution in [-0.4, -0.2) is 62.2 Å². The molecule has 2 N–H and O–H groups in total. The van der Waals surface area contributed by atoms with E-state index in [2.05, 4.69) is 5.32 Å². The first-order chi connectivity index (χ1) is 12.2. The second-order valence-corrected chi connectivity index (χ2v) is 9.83. The summed E-state index contributed by atoms with van der Waals surface area (Å²) in [6.07, 6.45) is 5.95. The molecular formula is C18H28N2O5S. The Morgan fingerprint density at radius 1 is 1.35 bits per heavy atom. The molecule has 146 valence electrons. The Morgan fingerprint density at radius 3 is 2.62 bits per heavy atom. The van der Waals surface area contributed by atoms with Crippen molar-refractivity contribution in [2.24, 2.45) is 0 Å². The second-order valence-electron chi connectivity index (χ2n) is 8.05. The van der Waals surface area contributed by atoms with E-state index in [1.165, 1.54) is 35.9 Å². The molecule has 3 aliphatic rings. The minimum absolute atomic E-state index is 0.191. The zero-order valence-electron chi connectivity index (χ0n) is 15.6. The van der Waals surface area contributed by atoms with Crippen LogP contribution in [0.2, 0.25) is 0 Å². The largest absolute Gasteiger partial charge is 0.480 e. The minimum Gasteiger partial charge on any atom is -0.480 e. The van der Waals surface area contributed by atoms with Gasteiger partial charge in [0, 0.05) is 4.75 Å². The maximum Gasteiger partial charge on any atom is 0.327 e. The molecule has 2 amide bonds. The van der Waals surface area contributed by atoms with Gasteiger partial charge >= 0.3 is 5.97 Å². The number of carboxylic acids is 1. The first-order valence-electron chi connectivity index (χ1n) is 9.38. The Balaban J connectivity index is 1.51. The lowest BCUT2D eigenvalue weighted by atomic mass is 9.96. The van der Waals surface area contributed by atoms with Crippen molar-refractivity contribution < 1.29 is 24.2 Å². The average molecular weight is 384 g/mol. The number of fused-ring (bicyclic) bond motifs is 1. The summed E-state index contributed by atoms with van der Waals surface area (Å²) in [6, 6.07) is -1.50. The van der Waals surface area contributed by atoms with Gasteiger partial charge in [-0.3, -0.25) is 9.59 Å². The highest BCUT2D eigenvalue weighted by atomic mass is 32.2. The molecule has 0 aromatic rings. The van der Waals surface area contributed by atoms with Crippen molar-refractivity contribution >= 4 is 29.5 Å². The third-order valence-electron chi connectivity index (χ3n) is 5.44. The molecule has 1 saturated carbocycles. The number of carbonyl (C=O) groups is 3. The first-order valence-corrected chi connectivity index (χ1v) is 10.3. The zero-order chi connectivity index (χ0) is 19.1. The zero-order valence-corrected chi connectivity index (χ0v) is 16.4. The number of nitrogens with zero attached hydrogens (tertiary/aromatic N) is 1. The molecule has 0 aromatic carbocycles. The van der Waals surface area contributed by atoms with E-state index in [-0.39, 0.29) is 35.8 Å². The summed E-state index contributed by atoms with van der Waals surface area (Å²) >= 11 is 1.43. The molecule has 8 heteroatoms. The summed E-state index contributed by atoms with van der Waals surface area (Å²) in [5, 5.41) is 11.9. The van der Waals surface area contributed by atoms with Gasteiger partial charge in [-0.25, -0.2) is 4.79 Å². The van der Waals surface area contributed by atoms with Gasteiger partial charge in [-0.15, -0.1) is 11.8 Å². The molecule has 2 aliphatic heterocycles. The molecule has 1 unspecified atom stereocenters. The number of hydrogen-bond donors (Lipinski definition) is 2. The number of carbonyl (C=O) groups excluding carboxylic acids is 2. The van der Waals surface area contributed by atoms with E-state index in [1.54, 1.807) is 0 Å². The standard InChI is InChI=1S/C18H28N2O5S/c1-10(25-11-7-5-4-6-8-11)9-12(21)19-13-15(22)20-14(17(23)24)18(2,3)26-16(13)20/h10-11,13-14,16H,4-9H2,1-3H3,(H,19,21)(H,23,24)/t10?,13-,14+,16-/m1/s1. The third-order valence-corrected chi connectivity index (χ3v) is 7.01. The van der Waals surface area contributed by atoms with Crippen LogP contribution in [0, 0.1) is 0 Å². The smallest absolute Gasteiger partial charge is 0.327 e. The van der Waals surface area contributed by atoms with Crippen LogP contribution in [0.3, 0.4) is 0 Å². The van der Waals surface area contributed by atoms with Crippen LogP contribution < -0.4 is 5.32 Å². The maximum absolute atomic E-state index is 12.4. The van der Waals surface area contributed by atoms with E-state index >= 15 is 0 Å². The highest BCUT2D eigenvalue weighted by Crippen LogP contribution is 2.50. The Hall–Kier alpha value is -1.28. The molecule has 1 aliphatic carbocycles. The maximum atomic E-state index is 12.4. The fourth-order valence-corrected chi connectivity index (χ4v) is 5.84. The average Bonchev–Trinajstić information content (AvgIpc) is 2.82. The number of thioether (sulfide) groups is 1. The quantitative estimate of drug-likeness (QED) is 0.678. The van der Waals surface area contributed by atoms with Gasteiger partial charge in [0.05, 0.1) is 18.6 Å². The predicted molar refractivity (Wildman–Crippen MR) is 97.7 cm³/mol. The van der Waals surface area contributed by atoms with Crippen LogP contribution in [0.15, 0.2) is 0 Å². The van der Waals surface area contributed by atoms with Gasteiger partial charge < -0.3 is 20.1 Å². The van der Waals surface area contributed by atoms with E-state index in [1.807, 2.05) is 20.8 Å². The van der Waals surface area contributed by atoms with Gasteiger partial charge in [0.2, 0.25) is 11.8 Å². The molecule has 3 rings (SSSR count). The number of nitrogens with one attached hydrogen (secondary N) is 1. The third kappa shape index (κ3) is 3.71. The molecule has 2 heterocycles.